The van der Waals surface area contributed by atoms with E-state index in [1.165, 1.54) is 11.8 Å². The first-order valence-corrected chi connectivity index (χ1v) is 7.24. The Morgan fingerprint density at radius 2 is 1.74 bits per heavy atom. The number of carbonyl (C=O) groups is 1. The highest BCUT2D eigenvalue weighted by Crippen LogP contribution is 2.27. The van der Waals surface area contributed by atoms with E-state index in [0.29, 0.717) is 10.8 Å². The first-order chi connectivity index (χ1) is 9.18. The van der Waals surface area contributed by atoms with E-state index in [2.05, 4.69) is 0 Å². The van der Waals surface area contributed by atoms with E-state index < -0.39 is 0 Å². The van der Waals surface area contributed by atoms with Crippen LogP contribution in [0, 0.1) is 0 Å². The summed E-state index contributed by atoms with van der Waals surface area (Å²) in [5, 5.41) is 0.683. The van der Waals surface area contributed by atoms with Gasteiger partial charge in [-0.25, -0.2) is 0 Å². The Balaban J connectivity index is 1.97. The molecule has 2 aromatic rings. The van der Waals surface area contributed by atoms with Gasteiger partial charge in [0.25, 0.3) is 0 Å². The SMILES string of the molecule is CN(C(=O)CSc1ccccc1Cl)c1ccccc1. The fourth-order valence-corrected chi connectivity index (χ4v) is 2.75. The maximum atomic E-state index is 12.1. The molecule has 4 heteroatoms. The average molecular weight is 292 g/mol. The van der Waals surface area contributed by atoms with Crippen LogP contribution in [0.4, 0.5) is 5.69 Å². The summed E-state index contributed by atoms with van der Waals surface area (Å²) in [6, 6.07) is 17.1. The molecule has 0 atom stereocenters. The fraction of sp³-hybridized carbons (Fsp3) is 0.133. The van der Waals surface area contributed by atoms with Crippen molar-refractivity contribution in [3.8, 4) is 0 Å². The largest absolute Gasteiger partial charge is 0.315 e. The Morgan fingerprint density at radius 1 is 1.11 bits per heavy atom. The van der Waals surface area contributed by atoms with Gasteiger partial charge in [0, 0.05) is 17.6 Å². The minimum Gasteiger partial charge on any atom is -0.315 e. The van der Waals surface area contributed by atoms with Gasteiger partial charge in [-0.2, -0.15) is 0 Å². The van der Waals surface area contributed by atoms with Crippen LogP contribution in [0.3, 0.4) is 0 Å². The van der Waals surface area contributed by atoms with Crippen molar-refractivity contribution in [1.29, 1.82) is 0 Å². The average Bonchev–Trinajstić information content (AvgIpc) is 2.46. The van der Waals surface area contributed by atoms with E-state index >= 15 is 0 Å². The van der Waals surface area contributed by atoms with E-state index in [1.807, 2.05) is 54.6 Å². The second kappa shape index (κ2) is 6.64. The van der Waals surface area contributed by atoms with Gasteiger partial charge in [0.05, 0.1) is 10.8 Å². The monoisotopic (exact) mass is 291 g/mol. The van der Waals surface area contributed by atoms with Crippen LogP contribution in [-0.4, -0.2) is 18.7 Å². The third-order valence-corrected chi connectivity index (χ3v) is 4.21. The third kappa shape index (κ3) is 3.75. The molecule has 0 radical (unpaired) electrons. The van der Waals surface area contributed by atoms with Crippen LogP contribution in [-0.2, 0) is 4.79 Å². The number of halogens is 1. The van der Waals surface area contributed by atoms with Gasteiger partial charge in [-0.05, 0) is 24.3 Å². The van der Waals surface area contributed by atoms with Crippen molar-refractivity contribution >= 4 is 35.0 Å². The number of para-hydroxylation sites is 1. The van der Waals surface area contributed by atoms with E-state index in [-0.39, 0.29) is 5.91 Å². The van der Waals surface area contributed by atoms with E-state index in [1.54, 1.807) is 11.9 Å². The number of thioether (sulfide) groups is 1. The molecule has 98 valence electrons. The summed E-state index contributed by atoms with van der Waals surface area (Å²) < 4.78 is 0. The van der Waals surface area contributed by atoms with Gasteiger partial charge in [-0.1, -0.05) is 41.9 Å². The molecule has 1 amide bonds. The second-order valence-corrected chi connectivity index (χ2v) is 5.43. The highest BCUT2D eigenvalue weighted by Gasteiger charge is 2.11. The Bertz CT molecular complexity index is 559. The summed E-state index contributed by atoms with van der Waals surface area (Å²) in [6.07, 6.45) is 0. The molecule has 0 saturated carbocycles. The third-order valence-electron chi connectivity index (χ3n) is 2.71. The zero-order valence-corrected chi connectivity index (χ0v) is 12.1. The minimum absolute atomic E-state index is 0.0520. The molecule has 0 fully saturated rings. The predicted molar refractivity (Wildman–Crippen MR) is 82.0 cm³/mol. The predicted octanol–water partition coefficient (Wildman–Crippen LogP) is 4.10. The molecule has 0 aliphatic heterocycles. The highest BCUT2D eigenvalue weighted by molar-refractivity contribution is 8.00. The Kier molecular flexibility index (Phi) is 4.88. The molecule has 0 spiro atoms. The molecule has 0 aliphatic rings. The van der Waals surface area contributed by atoms with Crippen molar-refractivity contribution in [3.05, 3.63) is 59.6 Å². The summed E-state index contributed by atoms with van der Waals surface area (Å²) in [4.78, 5) is 14.7. The standard InChI is InChI=1S/C15H14ClNOS/c1-17(12-7-3-2-4-8-12)15(18)11-19-14-10-6-5-9-13(14)16/h2-10H,11H2,1H3. The van der Waals surface area contributed by atoms with E-state index in [9.17, 15) is 4.79 Å². The lowest BCUT2D eigenvalue weighted by Gasteiger charge is -2.17. The first-order valence-electron chi connectivity index (χ1n) is 5.87. The second-order valence-electron chi connectivity index (χ2n) is 4.01. The van der Waals surface area contributed by atoms with E-state index in [4.69, 9.17) is 11.6 Å². The number of amides is 1. The topological polar surface area (TPSA) is 20.3 Å². The normalized spacial score (nSPS) is 10.2. The van der Waals surface area contributed by atoms with Gasteiger partial charge in [0.2, 0.25) is 5.91 Å². The molecule has 0 aliphatic carbocycles. The molecule has 0 N–H and O–H groups in total. The van der Waals surface area contributed by atoms with Crippen LogP contribution in [0.25, 0.3) is 0 Å². The fourth-order valence-electron chi connectivity index (χ4n) is 1.59. The van der Waals surface area contributed by atoms with Crippen molar-refractivity contribution in [2.75, 3.05) is 17.7 Å². The maximum absolute atomic E-state index is 12.1. The lowest BCUT2D eigenvalue weighted by Crippen LogP contribution is -2.27. The molecule has 0 unspecified atom stereocenters. The molecule has 2 nitrogen and oxygen atoms in total. The van der Waals surface area contributed by atoms with Gasteiger partial charge in [-0.3, -0.25) is 4.79 Å². The number of nitrogens with zero attached hydrogens (tertiary/aromatic N) is 1. The van der Waals surface area contributed by atoms with Gasteiger partial charge in [0.15, 0.2) is 0 Å². The molecular weight excluding hydrogens is 278 g/mol. The zero-order valence-electron chi connectivity index (χ0n) is 10.5. The molecule has 19 heavy (non-hydrogen) atoms. The summed E-state index contributed by atoms with van der Waals surface area (Å²) in [5.74, 6) is 0.422. The van der Waals surface area contributed by atoms with Crippen LogP contribution < -0.4 is 4.90 Å². The van der Waals surface area contributed by atoms with Crippen LogP contribution in [0.5, 0.6) is 0 Å². The van der Waals surface area contributed by atoms with Crippen molar-refractivity contribution < 1.29 is 4.79 Å². The molecule has 2 rings (SSSR count). The number of anilines is 1. The smallest absolute Gasteiger partial charge is 0.237 e. The van der Waals surface area contributed by atoms with Crippen molar-refractivity contribution in [2.45, 2.75) is 4.90 Å². The molecule has 0 bridgehead atoms. The zero-order chi connectivity index (χ0) is 13.7. The lowest BCUT2D eigenvalue weighted by atomic mass is 10.3. The number of hydrogen-bond acceptors (Lipinski definition) is 2. The van der Waals surface area contributed by atoms with Crippen LogP contribution in [0.1, 0.15) is 0 Å². The van der Waals surface area contributed by atoms with Crippen molar-refractivity contribution in [2.24, 2.45) is 0 Å². The molecule has 0 aromatic heterocycles. The van der Waals surface area contributed by atoms with Gasteiger partial charge < -0.3 is 4.90 Å². The lowest BCUT2D eigenvalue weighted by molar-refractivity contribution is -0.115. The molecule has 0 saturated heterocycles. The number of benzene rings is 2. The van der Waals surface area contributed by atoms with E-state index in [0.717, 1.165) is 10.6 Å². The highest BCUT2D eigenvalue weighted by atomic mass is 35.5. The van der Waals surface area contributed by atoms with Crippen LogP contribution in [0.15, 0.2) is 59.5 Å². The van der Waals surface area contributed by atoms with Gasteiger partial charge in [-0.15, -0.1) is 11.8 Å². The van der Waals surface area contributed by atoms with Crippen molar-refractivity contribution in [3.63, 3.8) is 0 Å². The first kappa shape index (κ1) is 14.0. The van der Waals surface area contributed by atoms with Gasteiger partial charge in [0.1, 0.15) is 0 Å². The molecule has 0 heterocycles. The van der Waals surface area contributed by atoms with Crippen molar-refractivity contribution in [1.82, 2.24) is 0 Å². The number of hydrogen-bond donors (Lipinski definition) is 0. The number of carbonyl (C=O) groups excluding carboxylic acids is 1. The molecule has 2 aromatic carbocycles. The quantitative estimate of drug-likeness (QED) is 0.791. The number of rotatable bonds is 4. The molecular formula is C15H14ClNOS. The summed E-state index contributed by atoms with van der Waals surface area (Å²) >= 11 is 7.51. The van der Waals surface area contributed by atoms with Crippen LogP contribution in [0.2, 0.25) is 5.02 Å². The summed E-state index contributed by atoms with van der Waals surface area (Å²) in [6.45, 7) is 0. The van der Waals surface area contributed by atoms with Crippen LogP contribution >= 0.6 is 23.4 Å². The Hall–Kier alpha value is -1.45. The Labute approximate surface area is 122 Å². The Morgan fingerprint density at radius 3 is 2.42 bits per heavy atom. The minimum atomic E-state index is 0.0520. The van der Waals surface area contributed by atoms with Gasteiger partial charge >= 0.3 is 0 Å². The summed E-state index contributed by atoms with van der Waals surface area (Å²) in [5.41, 5.74) is 0.896. The summed E-state index contributed by atoms with van der Waals surface area (Å²) in [7, 11) is 1.78. The maximum Gasteiger partial charge on any atom is 0.237 e.